The van der Waals surface area contributed by atoms with Crippen LogP contribution in [0.5, 0.6) is 5.75 Å². The number of rotatable bonds is 9. The van der Waals surface area contributed by atoms with Crippen LogP contribution in [0.3, 0.4) is 0 Å². The van der Waals surface area contributed by atoms with E-state index in [2.05, 4.69) is 43.9 Å². The molecule has 9 nitrogen and oxygen atoms in total. The van der Waals surface area contributed by atoms with Crippen molar-refractivity contribution in [3.8, 4) is 5.75 Å². The molecule has 2 aromatic heterocycles. The van der Waals surface area contributed by atoms with Gasteiger partial charge in [0, 0.05) is 36.2 Å². The average molecular weight is 481 g/mol. The number of hydrogen-bond acceptors (Lipinski definition) is 7. The highest BCUT2D eigenvalue weighted by atomic mass is 16.5. The highest BCUT2D eigenvalue weighted by Crippen LogP contribution is 2.35. The Labute approximate surface area is 205 Å². The third-order valence-electron chi connectivity index (χ3n) is 7.44. The van der Waals surface area contributed by atoms with Crippen LogP contribution >= 0.6 is 0 Å². The number of pyridine rings is 1. The molecule has 1 aromatic carbocycles. The molecule has 3 aromatic rings. The molecule has 2 fully saturated rings. The summed E-state index contributed by atoms with van der Waals surface area (Å²) in [6, 6.07) is 8.00. The van der Waals surface area contributed by atoms with E-state index in [9.17, 15) is 4.79 Å². The van der Waals surface area contributed by atoms with Gasteiger partial charge in [0.05, 0.1) is 25.3 Å². The normalized spacial score (nSPS) is 19.9. The maximum atomic E-state index is 13.1. The van der Waals surface area contributed by atoms with E-state index in [0.717, 1.165) is 61.3 Å². The number of nitrogens with one attached hydrogen (secondary N) is 1. The molecule has 188 valence electrons. The fourth-order valence-electron chi connectivity index (χ4n) is 5.71. The van der Waals surface area contributed by atoms with Crippen LogP contribution in [-0.4, -0.2) is 56.5 Å². The van der Waals surface area contributed by atoms with Crippen LogP contribution in [0.25, 0.3) is 10.9 Å². The van der Waals surface area contributed by atoms with Gasteiger partial charge in [-0.3, -0.25) is 9.69 Å². The molecule has 2 atom stereocenters. The molecule has 0 amide bonds. The SMILES string of the molecule is COc1ccc2[nH]c(=O)c(CN(CC3CCCO3)C(c3nnnn3C3CCCC3)C(C)C)cc2c1. The lowest BCUT2D eigenvalue weighted by atomic mass is 9.99. The van der Waals surface area contributed by atoms with Crippen molar-refractivity contribution >= 4 is 10.9 Å². The predicted octanol–water partition coefficient (Wildman–Crippen LogP) is 4.02. The smallest absolute Gasteiger partial charge is 0.252 e. The van der Waals surface area contributed by atoms with Gasteiger partial charge in [-0.05, 0) is 66.3 Å². The summed E-state index contributed by atoms with van der Waals surface area (Å²) in [5, 5.41) is 14.0. The first-order valence-electron chi connectivity index (χ1n) is 12.9. The Balaban J connectivity index is 1.52. The van der Waals surface area contributed by atoms with Crippen LogP contribution in [-0.2, 0) is 11.3 Å². The Morgan fingerprint density at radius 3 is 2.74 bits per heavy atom. The molecule has 0 spiro atoms. The van der Waals surface area contributed by atoms with E-state index < -0.39 is 0 Å². The Morgan fingerprint density at radius 1 is 1.20 bits per heavy atom. The second kappa shape index (κ2) is 10.5. The van der Waals surface area contributed by atoms with Crippen LogP contribution in [0.1, 0.15) is 75.8 Å². The van der Waals surface area contributed by atoms with Crippen LogP contribution < -0.4 is 10.3 Å². The summed E-state index contributed by atoms with van der Waals surface area (Å²) in [5.74, 6) is 1.91. The number of H-pyrrole nitrogens is 1. The Bertz CT molecular complexity index is 1190. The molecule has 3 heterocycles. The molecule has 0 radical (unpaired) electrons. The van der Waals surface area contributed by atoms with Gasteiger partial charge in [0.1, 0.15) is 5.75 Å². The van der Waals surface area contributed by atoms with Gasteiger partial charge in [-0.15, -0.1) is 5.10 Å². The molecule has 2 aliphatic rings. The first-order chi connectivity index (χ1) is 17.0. The van der Waals surface area contributed by atoms with E-state index in [0.29, 0.717) is 18.2 Å². The van der Waals surface area contributed by atoms with Gasteiger partial charge >= 0.3 is 0 Å². The number of ether oxygens (including phenoxy) is 2. The number of fused-ring (bicyclic) bond motifs is 1. The van der Waals surface area contributed by atoms with Crippen molar-refractivity contribution < 1.29 is 9.47 Å². The van der Waals surface area contributed by atoms with E-state index in [4.69, 9.17) is 9.47 Å². The minimum Gasteiger partial charge on any atom is -0.497 e. The molecule has 0 bridgehead atoms. The highest BCUT2D eigenvalue weighted by Gasteiger charge is 2.34. The van der Waals surface area contributed by atoms with E-state index >= 15 is 0 Å². The molecule has 1 aliphatic heterocycles. The van der Waals surface area contributed by atoms with Gasteiger partial charge in [-0.25, -0.2) is 4.68 Å². The summed E-state index contributed by atoms with van der Waals surface area (Å²) >= 11 is 0. The van der Waals surface area contributed by atoms with Gasteiger partial charge in [-0.1, -0.05) is 26.7 Å². The van der Waals surface area contributed by atoms with Crippen molar-refractivity contribution in [3.63, 3.8) is 0 Å². The zero-order valence-corrected chi connectivity index (χ0v) is 20.9. The Kier molecular flexibility index (Phi) is 7.15. The van der Waals surface area contributed by atoms with Crippen LogP contribution in [0.15, 0.2) is 29.1 Å². The molecule has 9 heteroatoms. The predicted molar refractivity (Wildman–Crippen MR) is 133 cm³/mol. The summed E-state index contributed by atoms with van der Waals surface area (Å²) in [5.41, 5.74) is 1.45. The van der Waals surface area contributed by atoms with Crippen molar-refractivity contribution in [2.24, 2.45) is 5.92 Å². The van der Waals surface area contributed by atoms with E-state index in [1.54, 1.807) is 7.11 Å². The summed E-state index contributed by atoms with van der Waals surface area (Å²) in [4.78, 5) is 18.5. The molecule has 5 rings (SSSR count). The van der Waals surface area contributed by atoms with E-state index in [1.165, 1.54) is 12.8 Å². The Hall–Kier alpha value is -2.78. The molecule has 1 N–H and O–H groups in total. The fraction of sp³-hybridized carbons (Fsp3) is 0.615. The summed E-state index contributed by atoms with van der Waals surface area (Å²) in [6.45, 7) is 6.42. The van der Waals surface area contributed by atoms with Gasteiger partial charge in [0.2, 0.25) is 0 Å². The van der Waals surface area contributed by atoms with E-state index in [1.807, 2.05) is 24.3 Å². The molecule has 35 heavy (non-hydrogen) atoms. The maximum Gasteiger partial charge on any atom is 0.252 e. The summed E-state index contributed by atoms with van der Waals surface area (Å²) in [7, 11) is 1.65. The number of nitrogens with zero attached hydrogens (tertiary/aromatic N) is 5. The zero-order valence-electron chi connectivity index (χ0n) is 20.9. The molecule has 1 aliphatic carbocycles. The summed E-state index contributed by atoms with van der Waals surface area (Å²) < 4.78 is 13.5. The largest absolute Gasteiger partial charge is 0.497 e. The van der Waals surface area contributed by atoms with Gasteiger partial charge < -0.3 is 14.5 Å². The van der Waals surface area contributed by atoms with Gasteiger partial charge in [0.15, 0.2) is 5.82 Å². The lowest BCUT2D eigenvalue weighted by Crippen LogP contribution is -2.40. The number of hydrogen-bond donors (Lipinski definition) is 1. The van der Waals surface area contributed by atoms with Crippen LogP contribution in [0.4, 0.5) is 0 Å². The van der Waals surface area contributed by atoms with Crippen molar-refractivity contribution in [2.75, 3.05) is 20.3 Å². The first-order valence-corrected chi connectivity index (χ1v) is 12.9. The topological polar surface area (TPSA) is 98.2 Å². The number of benzene rings is 1. The second-order valence-electron chi connectivity index (χ2n) is 10.3. The molecule has 2 unspecified atom stereocenters. The molecular weight excluding hydrogens is 444 g/mol. The minimum atomic E-state index is -0.0714. The number of aromatic amines is 1. The number of methoxy groups -OCH3 is 1. The lowest BCUT2D eigenvalue weighted by Gasteiger charge is -2.35. The van der Waals surface area contributed by atoms with Crippen LogP contribution in [0, 0.1) is 5.92 Å². The Morgan fingerprint density at radius 2 is 2.03 bits per heavy atom. The number of tetrazole rings is 1. The number of aromatic nitrogens is 5. The fourth-order valence-corrected chi connectivity index (χ4v) is 5.71. The van der Waals surface area contributed by atoms with Crippen molar-refractivity contribution in [3.05, 3.63) is 46.0 Å². The lowest BCUT2D eigenvalue weighted by molar-refractivity contribution is 0.0379. The van der Waals surface area contributed by atoms with Crippen molar-refractivity contribution in [2.45, 2.75) is 77.1 Å². The minimum absolute atomic E-state index is 0.0322. The monoisotopic (exact) mass is 480 g/mol. The van der Waals surface area contributed by atoms with Gasteiger partial charge in [0.25, 0.3) is 5.56 Å². The zero-order chi connectivity index (χ0) is 24.4. The average Bonchev–Trinajstić information content (AvgIpc) is 3.62. The van der Waals surface area contributed by atoms with Gasteiger partial charge in [-0.2, -0.15) is 0 Å². The van der Waals surface area contributed by atoms with Crippen molar-refractivity contribution in [1.29, 1.82) is 0 Å². The quantitative estimate of drug-likeness (QED) is 0.494. The first kappa shape index (κ1) is 23.9. The van der Waals surface area contributed by atoms with Crippen LogP contribution in [0.2, 0.25) is 0 Å². The standard InChI is InChI=1S/C26H36N6O3/c1-17(2)24(25-28-29-30-32(25)20-7-4-5-8-20)31(16-22-9-6-12-35-22)15-19-13-18-14-21(34-3)10-11-23(18)27-26(19)33/h10-11,13-14,17,20,22,24H,4-9,12,15-16H2,1-3H3,(H,27,33). The maximum absolute atomic E-state index is 13.1. The third kappa shape index (κ3) is 5.11. The van der Waals surface area contributed by atoms with E-state index in [-0.39, 0.29) is 23.6 Å². The highest BCUT2D eigenvalue weighted by molar-refractivity contribution is 5.80. The van der Waals surface area contributed by atoms with Crippen molar-refractivity contribution in [1.82, 2.24) is 30.1 Å². The summed E-state index contributed by atoms with van der Waals surface area (Å²) in [6.07, 6.45) is 6.90. The molecule has 1 saturated carbocycles. The molecule has 1 saturated heterocycles. The third-order valence-corrected chi connectivity index (χ3v) is 7.44. The molecular formula is C26H36N6O3. The second-order valence-corrected chi connectivity index (χ2v) is 10.3.